The molecule has 21 heavy (non-hydrogen) atoms. The largest absolute Gasteiger partial charge is 0.416 e. The maximum absolute atomic E-state index is 12.7. The third-order valence-electron chi connectivity index (χ3n) is 3.91. The fourth-order valence-electron chi connectivity index (χ4n) is 2.52. The maximum Gasteiger partial charge on any atom is 0.416 e. The van der Waals surface area contributed by atoms with Gasteiger partial charge in [0, 0.05) is 37.7 Å². The van der Waals surface area contributed by atoms with Gasteiger partial charge in [-0.05, 0) is 26.2 Å². The van der Waals surface area contributed by atoms with E-state index in [0.717, 1.165) is 31.8 Å². The van der Waals surface area contributed by atoms with Gasteiger partial charge in [0.2, 0.25) is 0 Å². The molecule has 1 aliphatic heterocycles. The van der Waals surface area contributed by atoms with Crippen LogP contribution in [-0.4, -0.2) is 55.4 Å². The fourth-order valence-corrected chi connectivity index (χ4v) is 2.52. The highest BCUT2D eigenvalue weighted by Gasteiger charge is 2.31. The van der Waals surface area contributed by atoms with Gasteiger partial charge in [-0.1, -0.05) is 12.1 Å². The summed E-state index contributed by atoms with van der Waals surface area (Å²) >= 11 is 0. The van der Waals surface area contributed by atoms with Crippen LogP contribution in [-0.2, 0) is 6.18 Å². The van der Waals surface area contributed by atoms with E-state index in [-0.39, 0.29) is 23.8 Å². The Bertz CT molecular complexity index is 516. The van der Waals surface area contributed by atoms with Gasteiger partial charge in [0.1, 0.15) is 0 Å². The van der Waals surface area contributed by atoms with Crippen molar-refractivity contribution in [2.45, 2.75) is 18.6 Å². The molecule has 1 saturated heterocycles. The first-order valence-corrected chi connectivity index (χ1v) is 6.86. The summed E-state index contributed by atoms with van der Waals surface area (Å²) in [4.78, 5) is 16.4. The summed E-state index contributed by atoms with van der Waals surface area (Å²) in [6, 6.07) is 4.70. The van der Waals surface area contributed by atoms with E-state index in [1.165, 1.54) is 12.1 Å². The van der Waals surface area contributed by atoms with Crippen LogP contribution >= 0.6 is 0 Å². The topological polar surface area (TPSA) is 23.6 Å². The number of nitrogens with zero attached hydrogens (tertiary/aromatic N) is 2. The summed E-state index contributed by atoms with van der Waals surface area (Å²) in [6.45, 7) is 2.54. The predicted octanol–water partition coefficient (Wildman–Crippen LogP) is 2.52. The minimum absolute atomic E-state index is 0.0470. The Hall–Kier alpha value is -1.40. The van der Waals surface area contributed by atoms with Crippen molar-refractivity contribution in [1.29, 1.82) is 0 Å². The summed E-state index contributed by atoms with van der Waals surface area (Å²) in [5.41, 5.74) is -0.645. The number of halogens is 3. The normalized spacial score (nSPS) is 21.5. The van der Waals surface area contributed by atoms with E-state index in [9.17, 15) is 18.0 Å². The number of rotatable bonds is 3. The van der Waals surface area contributed by atoms with E-state index in [2.05, 4.69) is 9.80 Å². The van der Waals surface area contributed by atoms with Gasteiger partial charge in [0.05, 0.1) is 5.56 Å². The zero-order valence-corrected chi connectivity index (χ0v) is 12.2. The van der Waals surface area contributed by atoms with E-state index >= 15 is 0 Å². The number of ketones is 1. The van der Waals surface area contributed by atoms with Crippen LogP contribution in [0.2, 0.25) is 0 Å². The van der Waals surface area contributed by atoms with Crippen LogP contribution < -0.4 is 0 Å². The molecular formula is C15H19F3N2O. The van der Waals surface area contributed by atoms with E-state index in [4.69, 9.17) is 0 Å². The number of likely N-dealkylation sites (N-methyl/N-ethyl adjacent to an activating group) is 2. The van der Waals surface area contributed by atoms with Crippen LogP contribution in [0.3, 0.4) is 0 Å². The molecule has 0 bridgehead atoms. The molecule has 0 radical (unpaired) electrons. The summed E-state index contributed by atoms with van der Waals surface area (Å²) < 4.78 is 38.0. The molecule has 1 atom stereocenters. The zero-order valence-electron chi connectivity index (χ0n) is 12.2. The average molecular weight is 300 g/mol. The minimum Gasteiger partial charge on any atom is -0.304 e. The lowest BCUT2D eigenvalue weighted by Gasteiger charge is -2.37. The second-order valence-corrected chi connectivity index (χ2v) is 5.60. The molecule has 0 aliphatic carbocycles. The first-order valence-electron chi connectivity index (χ1n) is 6.86. The number of hydrogen-bond acceptors (Lipinski definition) is 3. The Labute approximate surface area is 122 Å². The van der Waals surface area contributed by atoms with Crippen molar-refractivity contribution in [2.24, 2.45) is 0 Å². The number of Topliss-reactive ketones (excluding diaryl/α,β-unsaturated/α-hetero) is 1. The highest BCUT2D eigenvalue weighted by Crippen LogP contribution is 2.30. The quantitative estimate of drug-likeness (QED) is 0.802. The van der Waals surface area contributed by atoms with Crippen molar-refractivity contribution in [2.75, 3.05) is 33.7 Å². The van der Waals surface area contributed by atoms with Crippen molar-refractivity contribution in [3.8, 4) is 0 Å². The van der Waals surface area contributed by atoms with Crippen LogP contribution in [0.4, 0.5) is 13.2 Å². The molecule has 0 spiro atoms. The van der Waals surface area contributed by atoms with E-state index in [1.54, 1.807) is 0 Å². The van der Waals surface area contributed by atoms with Crippen molar-refractivity contribution in [1.82, 2.24) is 9.80 Å². The van der Waals surface area contributed by atoms with Crippen LogP contribution in [0.15, 0.2) is 24.3 Å². The standard InChI is InChI=1S/C15H19F3N2O/c1-19-6-7-20(2)13(10-19)9-14(21)11-4-3-5-12(8-11)15(16,17)18/h3-5,8,13H,6-7,9-10H2,1-2H3. The van der Waals surface area contributed by atoms with Crippen LogP contribution in [0, 0.1) is 0 Å². The molecule has 0 N–H and O–H groups in total. The Kier molecular flexibility index (Phi) is 4.68. The highest BCUT2D eigenvalue weighted by atomic mass is 19.4. The Morgan fingerprint density at radius 2 is 2.00 bits per heavy atom. The lowest BCUT2D eigenvalue weighted by atomic mass is 9.99. The third kappa shape index (κ3) is 4.04. The lowest BCUT2D eigenvalue weighted by Crippen LogP contribution is -2.50. The Morgan fingerprint density at radius 3 is 2.67 bits per heavy atom. The summed E-state index contributed by atoms with van der Waals surface area (Å²) in [5.74, 6) is -0.242. The van der Waals surface area contributed by atoms with Gasteiger partial charge in [0.15, 0.2) is 5.78 Å². The molecular weight excluding hydrogens is 281 g/mol. The average Bonchev–Trinajstić information content (AvgIpc) is 2.42. The van der Waals surface area contributed by atoms with Crippen molar-refractivity contribution >= 4 is 5.78 Å². The third-order valence-corrected chi connectivity index (χ3v) is 3.91. The number of benzene rings is 1. The van der Waals surface area contributed by atoms with Crippen LogP contribution in [0.25, 0.3) is 0 Å². The Morgan fingerprint density at radius 1 is 1.29 bits per heavy atom. The van der Waals surface area contributed by atoms with Gasteiger partial charge in [-0.15, -0.1) is 0 Å². The Balaban J connectivity index is 2.10. The molecule has 3 nitrogen and oxygen atoms in total. The maximum atomic E-state index is 12.7. The van der Waals surface area contributed by atoms with Crippen molar-refractivity contribution in [3.05, 3.63) is 35.4 Å². The first kappa shape index (κ1) is 16.0. The van der Waals surface area contributed by atoms with Gasteiger partial charge in [-0.3, -0.25) is 4.79 Å². The molecule has 1 unspecified atom stereocenters. The molecule has 1 aliphatic rings. The predicted molar refractivity (Wildman–Crippen MR) is 74.3 cm³/mol. The van der Waals surface area contributed by atoms with Crippen molar-refractivity contribution in [3.63, 3.8) is 0 Å². The van der Waals surface area contributed by atoms with Crippen LogP contribution in [0.1, 0.15) is 22.3 Å². The number of hydrogen-bond donors (Lipinski definition) is 0. The van der Waals surface area contributed by atoms with Gasteiger partial charge in [-0.25, -0.2) is 0 Å². The van der Waals surface area contributed by atoms with Crippen molar-refractivity contribution < 1.29 is 18.0 Å². The summed E-state index contributed by atoms with van der Waals surface area (Å²) in [6.07, 6.45) is -4.18. The van der Waals surface area contributed by atoms with E-state index < -0.39 is 11.7 Å². The van der Waals surface area contributed by atoms with Gasteiger partial charge in [0.25, 0.3) is 0 Å². The second-order valence-electron chi connectivity index (χ2n) is 5.60. The fraction of sp³-hybridized carbons (Fsp3) is 0.533. The molecule has 1 aromatic carbocycles. The number of piperazine rings is 1. The molecule has 0 amide bonds. The second kappa shape index (κ2) is 6.15. The lowest BCUT2D eigenvalue weighted by molar-refractivity contribution is -0.137. The smallest absolute Gasteiger partial charge is 0.304 e. The summed E-state index contributed by atoms with van der Waals surface area (Å²) in [7, 11) is 3.92. The molecule has 1 aromatic rings. The SMILES string of the molecule is CN1CCN(C)C(CC(=O)c2cccc(C(F)(F)F)c2)C1. The van der Waals surface area contributed by atoms with E-state index in [0.29, 0.717) is 0 Å². The van der Waals surface area contributed by atoms with Gasteiger partial charge in [-0.2, -0.15) is 13.2 Å². The first-order chi connectivity index (χ1) is 9.77. The summed E-state index contributed by atoms with van der Waals surface area (Å²) in [5, 5.41) is 0. The zero-order chi connectivity index (χ0) is 15.6. The molecule has 0 saturated carbocycles. The van der Waals surface area contributed by atoms with E-state index in [1.807, 2.05) is 14.1 Å². The van der Waals surface area contributed by atoms with Crippen LogP contribution in [0.5, 0.6) is 0 Å². The molecule has 0 aromatic heterocycles. The van der Waals surface area contributed by atoms with Gasteiger partial charge < -0.3 is 9.80 Å². The highest BCUT2D eigenvalue weighted by molar-refractivity contribution is 5.96. The molecule has 2 rings (SSSR count). The molecule has 1 heterocycles. The molecule has 116 valence electrons. The number of carbonyl (C=O) groups is 1. The minimum atomic E-state index is -4.42. The van der Waals surface area contributed by atoms with Gasteiger partial charge >= 0.3 is 6.18 Å². The monoisotopic (exact) mass is 300 g/mol. The molecule has 6 heteroatoms. The number of alkyl halides is 3. The number of carbonyl (C=O) groups excluding carboxylic acids is 1. The molecule has 1 fully saturated rings.